The number of carbonyl (C=O) groups excluding carboxylic acids is 1. The van der Waals surface area contributed by atoms with Crippen LogP contribution >= 0.6 is 23.4 Å². The number of fused-ring (bicyclic) bond motifs is 1. The van der Waals surface area contributed by atoms with E-state index in [9.17, 15) is 9.59 Å². The number of rotatable bonds is 7. The van der Waals surface area contributed by atoms with Gasteiger partial charge < -0.3 is 5.32 Å². The number of hydrogen-bond acceptors (Lipinski definition) is 4. The summed E-state index contributed by atoms with van der Waals surface area (Å²) in [5.41, 5.74) is 1.85. The maximum absolute atomic E-state index is 12.4. The van der Waals surface area contributed by atoms with Crippen LogP contribution in [0.15, 0.2) is 58.4 Å². The van der Waals surface area contributed by atoms with E-state index in [2.05, 4.69) is 10.3 Å². The maximum atomic E-state index is 12.4. The van der Waals surface area contributed by atoms with Crippen molar-refractivity contribution in [2.24, 2.45) is 5.92 Å². The van der Waals surface area contributed by atoms with Crippen molar-refractivity contribution in [2.75, 3.05) is 5.32 Å². The van der Waals surface area contributed by atoms with Gasteiger partial charge in [0.15, 0.2) is 0 Å². The molecule has 0 unspecified atom stereocenters. The molecule has 0 bridgehead atoms. The molecule has 1 aromatic carbocycles. The summed E-state index contributed by atoms with van der Waals surface area (Å²) in [6.45, 7) is 4.04. The van der Waals surface area contributed by atoms with Crippen LogP contribution in [0.1, 0.15) is 32.4 Å². The fraction of sp³-hybridized carbons (Fsp3) is 0.286. The molecule has 0 radical (unpaired) electrons. The molecule has 7 heteroatoms. The minimum Gasteiger partial charge on any atom is -0.325 e. The average molecular weight is 416 g/mol. The Morgan fingerprint density at radius 1 is 1.21 bits per heavy atom. The number of halogens is 1. The van der Waals surface area contributed by atoms with E-state index in [-0.39, 0.29) is 17.4 Å². The Bertz CT molecular complexity index is 1050. The Hall–Kier alpha value is -2.31. The van der Waals surface area contributed by atoms with E-state index in [1.807, 2.05) is 38.1 Å². The molecule has 0 saturated carbocycles. The van der Waals surface area contributed by atoms with E-state index in [1.54, 1.807) is 18.3 Å². The predicted octanol–water partition coefficient (Wildman–Crippen LogP) is 5.01. The Labute approximate surface area is 173 Å². The second-order valence-electron chi connectivity index (χ2n) is 6.45. The zero-order valence-electron chi connectivity index (χ0n) is 15.8. The van der Waals surface area contributed by atoms with Crippen LogP contribution < -0.4 is 10.9 Å². The third kappa shape index (κ3) is 4.75. The Kier molecular flexibility index (Phi) is 6.75. The number of carbonyl (C=O) groups is 1. The summed E-state index contributed by atoms with van der Waals surface area (Å²) >= 11 is 7.49. The fourth-order valence-corrected chi connectivity index (χ4v) is 4.00. The van der Waals surface area contributed by atoms with E-state index in [1.165, 1.54) is 22.2 Å². The van der Waals surface area contributed by atoms with Gasteiger partial charge in [-0.3, -0.25) is 14.0 Å². The van der Waals surface area contributed by atoms with Gasteiger partial charge in [-0.15, -0.1) is 11.8 Å². The monoisotopic (exact) mass is 415 g/mol. The van der Waals surface area contributed by atoms with E-state index >= 15 is 0 Å². The summed E-state index contributed by atoms with van der Waals surface area (Å²) < 4.78 is 1.43. The van der Waals surface area contributed by atoms with Gasteiger partial charge in [-0.25, -0.2) is 4.98 Å². The predicted molar refractivity (Wildman–Crippen MR) is 115 cm³/mol. The van der Waals surface area contributed by atoms with Crippen molar-refractivity contribution in [1.82, 2.24) is 9.38 Å². The molecule has 0 spiro atoms. The number of benzene rings is 1. The lowest BCUT2D eigenvalue weighted by Gasteiger charge is -2.15. The van der Waals surface area contributed by atoms with Gasteiger partial charge in [-0.2, -0.15) is 0 Å². The lowest BCUT2D eigenvalue weighted by molar-refractivity contribution is -0.120. The molecule has 5 nitrogen and oxygen atoms in total. The summed E-state index contributed by atoms with van der Waals surface area (Å²) in [7, 11) is 0. The lowest BCUT2D eigenvalue weighted by Crippen LogP contribution is -2.21. The van der Waals surface area contributed by atoms with Gasteiger partial charge in [0.2, 0.25) is 5.91 Å². The topological polar surface area (TPSA) is 63.5 Å². The molecule has 0 aliphatic heterocycles. The van der Waals surface area contributed by atoms with Crippen molar-refractivity contribution in [3.05, 3.63) is 69.7 Å². The number of pyridine rings is 1. The molecule has 2 aromatic heterocycles. The number of aromatic nitrogens is 2. The molecule has 0 fully saturated rings. The van der Waals surface area contributed by atoms with Gasteiger partial charge in [-0.1, -0.05) is 37.6 Å². The molecule has 3 aromatic rings. The summed E-state index contributed by atoms with van der Waals surface area (Å²) in [5, 5.41) is 3.52. The quantitative estimate of drug-likeness (QED) is 0.550. The minimum absolute atomic E-state index is 0.00656. The first-order valence-corrected chi connectivity index (χ1v) is 10.6. The number of nitrogens with zero attached hydrogens (tertiary/aromatic N) is 2. The molecule has 0 saturated heterocycles. The summed E-state index contributed by atoms with van der Waals surface area (Å²) in [4.78, 5) is 30.2. The molecule has 0 atom stereocenters. The molecule has 1 amide bonds. The molecular formula is C21H22ClN3O2S. The van der Waals surface area contributed by atoms with E-state index in [0.29, 0.717) is 22.1 Å². The standard InChI is InChI=1S/C21H22ClN3O2S/c1-3-14(4-2)21(27)24-17-7-5-6-8-18(17)28-13-16-11-20(26)25-12-15(22)9-10-19(25)23-16/h5-12,14H,3-4,13H2,1-2H3,(H,24,27). The third-order valence-electron chi connectivity index (χ3n) is 4.55. The van der Waals surface area contributed by atoms with Gasteiger partial charge in [-0.05, 0) is 37.1 Å². The van der Waals surface area contributed by atoms with E-state index < -0.39 is 0 Å². The summed E-state index contributed by atoms with van der Waals surface area (Å²) in [6.07, 6.45) is 3.19. The zero-order chi connectivity index (χ0) is 20.1. The lowest BCUT2D eigenvalue weighted by atomic mass is 10.0. The van der Waals surface area contributed by atoms with Gasteiger partial charge in [0, 0.05) is 28.8 Å². The van der Waals surface area contributed by atoms with Crippen molar-refractivity contribution in [3.8, 4) is 0 Å². The highest BCUT2D eigenvalue weighted by Gasteiger charge is 2.15. The molecule has 1 N–H and O–H groups in total. The normalized spacial score (nSPS) is 11.1. The number of nitrogens with one attached hydrogen (secondary N) is 1. The average Bonchev–Trinajstić information content (AvgIpc) is 2.69. The van der Waals surface area contributed by atoms with Gasteiger partial charge in [0.1, 0.15) is 5.65 Å². The number of para-hydroxylation sites is 1. The fourth-order valence-electron chi connectivity index (χ4n) is 2.94. The second-order valence-corrected chi connectivity index (χ2v) is 7.90. The molecule has 3 rings (SSSR count). The Balaban J connectivity index is 1.78. The Morgan fingerprint density at radius 3 is 2.71 bits per heavy atom. The van der Waals surface area contributed by atoms with Crippen molar-refractivity contribution in [2.45, 2.75) is 37.3 Å². The van der Waals surface area contributed by atoms with Crippen LogP contribution in [-0.2, 0) is 10.5 Å². The summed E-state index contributed by atoms with van der Waals surface area (Å²) in [5.74, 6) is 0.566. The maximum Gasteiger partial charge on any atom is 0.258 e. The highest BCUT2D eigenvalue weighted by atomic mass is 35.5. The van der Waals surface area contributed by atoms with Crippen LogP contribution in [-0.4, -0.2) is 15.3 Å². The number of hydrogen-bond donors (Lipinski definition) is 1. The van der Waals surface area contributed by atoms with Gasteiger partial charge in [0.25, 0.3) is 5.56 Å². The van der Waals surface area contributed by atoms with E-state index in [0.717, 1.165) is 23.4 Å². The number of anilines is 1. The minimum atomic E-state index is -0.168. The highest BCUT2D eigenvalue weighted by Crippen LogP contribution is 2.30. The third-order valence-corrected chi connectivity index (χ3v) is 5.88. The van der Waals surface area contributed by atoms with Crippen LogP contribution in [0.4, 0.5) is 5.69 Å². The van der Waals surface area contributed by atoms with E-state index in [4.69, 9.17) is 11.6 Å². The van der Waals surface area contributed by atoms with Crippen LogP contribution in [0.2, 0.25) is 5.02 Å². The van der Waals surface area contributed by atoms with Gasteiger partial charge >= 0.3 is 0 Å². The highest BCUT2D eigenvalue weighted by molar-refractivity contribution is 7.98. The molecule has 28 heavy (non-hydrogen) atoms. The molecule has 0 aliphatic rings. The van der Waals surface area contributed by atoms with Gasteiger partial charge in [0.05, 0.1) is 16.4 Å². The van der Waals surface area contributed by atoms with Crippen molar-refractivity contribution in [1.29, 1.82) is 0 Å². The van der Waals surface area contributed by atoms with Crippen molar-refractivity contribution in [3.63, 3.8) is 0 Å². The number of thioether (sulfide) groups is 1. The largest absolute Gasteiger partial charge is 0.325 e. The zero-order valence-corrected chi connectivity index (χ0v) is 17.4. The Morgan fingerprint density at radius 2 is 1.96 bits per heavy atom. The second kappa shape index (κ2) is 9.26. The molecular weight excluding hydrogens is 394 g/mol. The van der Waals surface area contributed by atoms with Crippen LogP contribution in [0, 0.1) is 5.92 Å². The molecule has 2 heterocycles. The van der Waals surface area contributed by atoms with Crippen molar-refractivity contribution >= 4 is 40.6 Å². The first kappa shape index (κ1) is 20.4. The van der Waals surface area contributed by atoms with Crippen LogP contribution in [0.25, 0.3) is 5.65 Å². The van der Waals surface area contributed by atoms with Crippen LogP contribution in [0.3, 0.4) is 0 Å². The SMILES string of the molecule is CCC(CC)C(=O)Nc1ccccc1SCc1cc(=O)n2cc(Cl)ccc2n1. The molecule has 146 valence electrons. The van der Waals surface area contributed by atoms with Crippen molar-refractivity contribution < 1.29 is 4.79 Å². The number of amides is 1. The molecule has 0 aliphatic carbocycles. The van der Waals surface area contributed by atoms with Crippen LogP contribution in [0.5, 0.6) is 0 Å². The summed E-state index contributed by atoms with van der Waals surface area (Å²) in [6, 6.07) is 12.6. The first-order chi connectivity index (χ1) is 13.5. The smallest absolute Gasteiger partial charge is 0.258 e. The first-order valence-electron chi connectivity index (χ1n) is 9.22.